The van der Waals surface area contributed by atoms with Gasteiger partial charge in [0.15, 0.2) is 15.3 Å². The average Bonchev–Trinajstić information content (AvgIpc) is 2.65. The number of rotatable bonds is 1. The summed E-state index contributed by atoms with van der Waals surface area (Å²) in [4.78, 5) is 30.5. The van der Waals surface area contributed by atoms with Crippen molar-refractivity contribution in [2.24, 2.45) is 0 Å². The van der Waals surface area contributed by atoms with E-state index in [1.165, 1.54) is 0 Å². The number of H-pyrrole nitrogens is 1. The van der Waals surface area contributed by atoms with E-state index in [1.54, 1.807) is 49.1 Å². The molecule has 1 N–H and O–H groups in total. The Morgan fingerprint density at radius 3 is 2.33 bits per heavy atom. The van der Waals surface area contributed by atoms with Crippen molar-refractivity contribution in [3.8, 4) is 0 Å². The fourth-order valence-electron chi connectivity index (χ4n) is 3.70. The van der Waals surface area contributed by atoms with Crippen LogP contribution in [0.2, 0.25) is 0 Å². The van der Waals surface area contributed by atoms with Gasteiger partial charge in [0.2, 0.25) is 0 Å². The fourth-order valence-corrected chi connectivity index (χ4v) is 5.27. The van der Waals surface area contributed by atoms with E-state index >= 15 is 0 Å². The van der Waals surface area contributed by atoms with Gasteiger partial charge in [0.05, 0.1) is 10.5 Å². The van der Waals surface area contributed by atoms with E-state index in [-0.39, 0.29) is 24.4 Å². The number of pyridine rings is 1. The molecule has 2 atom stereocenters. The number of sulfone groups is 1. The lowest BCUT2D eigenvalue weighted by molar-refractivity contribution is 0.0749. The zero-order valence-corrected chi connectivity index (χ0v) is 15.9. The van der Waals surface area contributed by atoms with E-state index in [0.717, 1.165) is 5.52 Å². The first-order valence-corrected chi connectivity index (χ1v) is 10.5. The molecule has 4 rings (SSSR count). The van der Waals surface area contributed by atoms with Crippen molar-refractivity contribution in [1.82, 2.24) is 9.88 Å². The molecule has 1 aromatic heterocycles. The third kappa shape index (κ3) is 2.82. The molecule has 27 heavy (non-hydrogen) atoms. The number of nitrogens with one attached hydrogen (secondary N) is 1. The Labute approximate surface area is 156 Å². The van der Waals surface area contributed by atoms with Gasteiger partial charge in [-0.05, 0) is 44.2 Å². The number of carbonyl (C=O) groups is 1. The molecular weight excluding hydrogens is 364 g/mol. The third-order valence-corrected chi connectivity index (χ3v) is 7.86. The van der Waals surface area contributed by atoms with Gasteiger partial charge < -0.3 is 9.88 Å². The quantitative estimate of drug-likeness (QED) is 0.653. The predicted octanol–water partition coefficient (Wildman–Crippen LogP) is 2.33. The molecule has 6 nitrogen and oxygen atoms in total. The zero-order chi connectivity index (χ0) is 19.3. The standard InChI is InChI=1S/C20H20N2O4S/c1-12-10-22(11-13(2)27(12,25)26)20(24)14-7-8-18-16(9-14)19(23)15-5-3-4-6-17(15)21-18/h3-9,12-13H,10-11H2,1-2H3,(H,21,23). The molecule has 0 radical (unpaired) electrons. The van der Waals surface area contributed by atoms with E-state index < -0.39 is 20.3 Å². The van der Waals surface area contributed by atoms with E-state index in [9.17, 15) is 18.0 Å². The second kappa shape index (κ2) is 6.20. The molecular formula is C20H20N2O4S. The molecule has 1 amide bonds. The normalized spacial score (nSPS) is 22.2. The molecule has 1 saturated heterocycles. The lowest BCUT2D eigenvalue weighted by atomic mass is 10.1. The molecule has 7 heteroatoms. The lowest BCUT2D eigenvalue weighted by Gasteiger charge is -2.34. The first kappa shape index (κ1) is 17.7. The molecule has 0 saturated carbocycles. The first-order chi connectivity index (χ1) is 12.8. The van der Waals surface area contributed by atoms with E-state index in [4.69, 9.17) is 0 Å². The van der Waals surface area contributed by atoms with Crippen molar-refractivity contribution in [1.29, 1.82) is 0 Å². The molecule has 0 bridgehead atoms. The van der Waals surface area contributed by atoms with Gasteiger partial charge in [0.1, 0.15) is 0 Å². The fraction of sp³-hybridized carbons (Fsp3) is 0.300. The maximum absolute atomic E-state index is 12.9. The number of aromatic nitrogens is 1. The number of hydrogen-bond acceptors (Lipinski definition) is 4. The van der Waals surface area contributed by atoms with Crippen molar-refractivity contribution in [3.05, 3.63) is 58.3 Å². The van der Waals surface area contributed by atoms with Gasteiger partial charge in [0.25, 0.3) is 5.91 Å². The second-order valence-corrected chi connectivity index (χ2v) is 9.97. The van der Waals surface area contributed by atoms with Gasteiger partial charge in [-0.3, -0.25) is 9.59 Å². The summed E-state index contributed by atoms with van der Waals surface area (Å²) in [6.07, 6.45) is 0. The summed E-state index contributed by atoms with van der Waals surface area (Å²) < 4.78 is 24.4. The number of amides is 1. The van der Waals surface area contributed by atoms with Crippen LogP contribution in [0.3, 0.4) is 0 Å². The van der Waals surface area contributed by atoms with Crippen molar-refractivity contribution in [2.75, 3.05) is 13.1 Å². The van der Waals surface area contributed by atoms with Crippen LogP contribution in [0.5, 0.6) is 0 Å². The number of carbonyl (C=O) groups excluding carboxylic acids is 1. The Morgan fingerprint density at radius 2 is 1.63 bits per heavy atom. The lowest BCUT2D eigenvalue weighted by Crippen LogP contribution is -2.52. The summed E-state index contributed by atoms with van der Waals surface area (Å²) in [7, 11) is -3.20. The SMILES string of the molecule is CC1CN(C(=O)c2ccc3[nH]c4ccccc4c(=O)c3c2)CC(C)S1(=O)=O. The highest BCUT2D eigenvalue weighted by atomic mass is 32.2. The molecule has 1 aliphatic rings. The summed E-state index contributed by atoms with van der Waals surface area (Å²) in [5.41, 5.74) is 1.68. The van der Waals surface area contributed by atoms with E-state index in [1.807, 2.05) is 12.1 Å². The Hall–Kier alpha value is -2.67. The maximum Gasteiger partial charge on any atom is 0.253 e. The highest BCUT2D eigenvalue weighted by Gasteiger charge is 2.37. The summed E-state index contributed by atoms with van der Waals surface area (Å²) in [5.74, 6) is -0.252. The second-order valence-electron chi connectivity index (χ2n) is 7.18. The van der Waals surface area contributed by atoms with Crippen LogP contribution in [0, 0.1) is 0 Å². The molecule has 2 aromatic carbocycles. The number of hydrogen-bond donors (Lipinski definition) is 1. The number of aromatic amines is 1. The molecule has 2 heterocycles. The minimum absolute atomic E-state index is 0.128. The monoisotopic (exact) mass is 384 g/mol. The molecule has 1 aliphatic heterocycles. The van der Waals surface area contributed by atoms with Gasteiger partial charge in [-0.25, -0.2) is 8.42 Å². The molecule has 3 aromatic rings. The summed E-state index contributed by atoms with van der Waals surface area (Å²) in [6, 6.07) is 12.2. The maximum atomic E-state index is 12.9. The van der Waals surface area contributed by atoms with Gasteiger partial charge in [-0.15, -0.1) is 0 Å². The highest BCUT2D eigenvalue weighted by Crippen LogP contribution is 2.22. The summed E-state index contributed by atoms with van der Waals surface area (Å²) in [6.45, 7) is 3.58. The highest BCUT2D eigenvalue weighted by molar-refractivity contribution is 7.92. The first-order valence-electron chi connectivity index (χ1n) is 8.86. The van der Waals surface area contributed by atoms with Gasteiger partial charge in [-0.2, -0.15) is 0 Å². The Balaban J connectivity index is 1.76. The molecule has 1 fully saturated rings. The molecule has 2 unspecified atom stereocenters. The average molecular weight is 384 g/mol. The van der Waals surface area contributed by atoms with Crippen LogP contribution in [-0.2, 0) is 9.84 Å². The van der Waals surface area contributed by atoms with Crippen molar-refractivity contribution in [3.63, 3.8) is 0 Å². The van der Waals surface area contributed by atoms with Crippen molar-refractivity contribution >= 4 is 37.6 Å². The van der Waals surface area contributed by atoms with Crippen molar-refractivity contribution in [2.45, 2.75) is 24.3 Å². The number of benzene rings is 2. The van der Waals surface area contributed by atoms with Crippen molar-refractivity contribution < 1.29 is 13.2 Å². The van der Waals surface area contributed by atoms with Crippen LogP contribution < -0.4 is 5.43 Å². The number of fused-ring (bicyclic) bond motifs is 2. The minimum Gasteiger partial charge on any atom is -0.354 e. The molecule has 0 aliphatic carbocycles. The van der Waals surface area contributed by atoms with E-state index in [0.29, 0.717) is 21.9 Å². The Kier molecular flexibility index (Phi) is 4.07. The van der Waals surface area contributed by atoms with Gasteiger partial charge in [0, 0.05) is 40.5 Å². The van der Waals surface area contributed by atoms with Crippen LogP contribution >= 0.6 is 0 Å². The number of nitrogens with zero attached hydrogens (tertiary/aromatic N) is 1. The van der Waals surface area contributed by atoms with Crippen LogP contribution in [0.1, 0.15) is 24.2 Å². The summed E-state index contributed by atoms with van der Waals surface area (Å²) in [5, 5.41) is -0.179. The Bertz CT molecular complexity index is 1210. The number of para-hydroxylation sites is 1. The largest absolute Gasteiger partial charge is 0.354 e. The summed E-state index contributed by atoms with van der Waals surface area (Å²) >= 11 is 0. The van der Waals surface area contributed by atoms with Crippen LogP contribution in [0.25, 0.3) is 21.8 Å². The van der Waals surface area contributed by atoms with E-state index in [2.05, 4.69) is 4.98 Å². The predicted molar refractivity (Wildman–Crippen MR) is 106 cm³/mol. The van der Waals surface area contributed by atoms with Gasteiger partial charge >= 0.3 is 0 Å². The van der Waals surface area contributed by atoms with Gasteiger partial charge in [-0.1, -0.05) is 12.1 Å². The molecule has 0 spiro atoms. The Morgan fingerprint density at radius 1 is 1.00 bits per heavy atom. The topological polar surface area (TPSA) is 87.3 Å². The zero-order valence-electron chi connectivity index (χ0n) is 15.1. The van der Waals surface area contributed by atoms with Crippen LogP contribution in [-0.4, -0.2) is 47.8 Å². The van der Waals surface area contributed by atoms with Crippen LogP contribution in [0.15, 0.2) is 47.3 Å². The van der Waals surface area contributed by atoms with Crippen LogP contribution in [0.4, 0.5) is 0 Å². The minimum atomic E-state index is -3.20. The molecule has 140 valence electrons. The smallest absolute Gasteiger partial charge is 0.253 e. The third-order valence-electron chi connectivity index (χ3n) is 5.32.